The summed E-state index contributed by atoms with van der Waals surface area (Å²) in [5, 5.41) is 9.23. The van der Waals surface area contributed by atoms with Crippen molar-refractivity contribution in [1.82, 2.24) is 9.80 Å². The van der Waals surface area contributed by atoms with Crippen LogP contribution in [0.2, 0.25) is 5.02 Å². The molecule has 114 valence electrons. The number of aliphatic hydroxyl groups excluding tert-OH is 1. The zero-order valence-corrected chi connectivity index (χ0v) is 12.3. The van der Waals surface area contributed by atoms with E-state index in [-0.39, 0.29) is 22.4 Å². The first-order chi connectivity index (χ1) is 9.90. The van der Waals surface area contributed by atoms with Crippen LogP contribution in [0, 0.1) is 5.82 Å². The average Bonchev–Trinajstić information content (AvgIpc) is 2.48. The summed E-state index contributed by atoms with van der Waals surface area (Å²) in [5.74, 6) is -1.28. The molecule has 2 rings (SSSR count). The Labute approximate surface area is 126 Å². The molecule has 1 N–H and O–H groups in total. The topological polar surface area (TPSA) is 60.9 Å². The van der Waals surface area contributed by atoms with E-state index in [2.05, 4.69) is 0 Å². The summed E-state index contributed by atoms with van der Waals surface area (Å²) in [4.78, 5) is 26.9. The maximum Gasteiger partial charge on any atom is 0.254 e. The highest BCUT2D eigenvalue weighted by molar-refractivity contribution is 6.30. The van der Waals surface area contributed by atoms with Gasteiger partial charge in [-0.1, -0.05) is 11.6 Å². The number of benzene rings is 1. The standard InChI is InChI=1S/C14H16ClFN2O3/c1-9(19)13(20)17-4-6-18(7-5-17)14(21)10-2-3-11(15)12(16)8-10/h2-3,8-9,19H,4-7H2,1H3. The van der Waals surface area contributed by atoms with Gasteiger partial charge in [-0.25, -0.2) is 4.39 Å². The van der Waals surface area contributed by atoms with Crippen molar-refractivity contribution >= 4 is 23.4 Å². The summed E-state index contributed by atoms with van der Waals surface area (Å²) in [6.45, 7) is 2.82. The second-order valence-corrected chi connectivity index (χ2v) is 5.33. The maximum atomic E-state index is 13.4. The number of rotatable bonds is 2. The van der Waals surface area contributed by atoms with E-state index in [1.807, 2.05) is 0 Å². The van der Waals surface area contributed by atoms with Crippen molar-refractivity contribution in [3.8, 4) is 0 Å². The summed E-state index contributed by atoms with van der Waals surface area (Å²) in [5.41, 5.74) is 0.229. The molecule has 0 aliphatic carbocycles. The maximum absolute atomic E-state index is 13.4. The Morgan fingerprint density at radius 2 is 1.81 bits per heavy atom. The molecule has 1 unspecified atom stereocenters. The molecule has 1 atom stereocenters. The number of hydrogen-bond acceptors (Lipinski definition) is 3. The van der Waals surface area contributed by atoms with Crippen molar-refractivity contribution < 1.29 is 19.1 Å². The molecule has 0 spiro atoms. The molecule has 0 saturated carbocycles. The molecular formula is C14H16ClFN2O3. The van der Waals surface area contributed by atoms with E-state index in [0.717, 1.165) is 6.07 Å². The molecule has 0 radical (unpaired) electrons. The third-order valence-corrected chi connectivity index (χ3v) is 3.71. The molecule has 1 aromatic rings. The number of carbonyl (C=O) groups is 2. The summed E-state index contributed by atoms with van der Waals surface area (Å²) < 4.78 is 13.4. The Kier molecular flexibility index (Phi) is 4.80. The third-order valence-electron chi connectivity index (χ3n) is 3.40. The lowest BCUT2D eigenvalue weighted by atomic mass is 10.1. The van der Waals surface area contributed by atoms with Crippen LogP contribution in [0.15, 0.2) is 18.2 Å². The van der Waals surface area contributed by atoms with Crippen LogP contribution < -0.4 is 0 Å². The van der Waals surface area contributed by atoms with E-state index in [1.54, 1.807) is 4.90 Å². The number of carbonyl (C=O) groups excluding carboxylic acids is 2. The highest BCUT2D eigenvalue weighted by atomic mass is 35.5. The smallest absolute Gasteiger partial charge is 0.254 e. The van der Waals surface area contributed by atoms with Crippen molar-refractivity contribution in [2.24, 2.45) is 0 Å². The van der Waals surface area contributed by atoms with Crippen LogP contribution in [0.25, 0.3) is 0 Å². The van der Waals surface area contributed by atoms with Gasteiger partial charge >= 0.3 is 0 Å². The number of piperazine rings is 1. The van der Waals surface area contributed by atoms with E-state index >= 15 is 0 Å². The predicted octanol–water partition coefficient (Wildman–Crippen LogP) is 1.14. The van der Waals surface area contributed by atoms with Gasteiger partial charge in [0.05, 0.1) is 5.02 Å². The molecule has 7 heteroatoms. The Balaban J connectivity index is 2.00. The molecule has 1 heterocycles. The SMILES string of the molecule is CC(O)C(=O)N1CCN(C(=O)c2ccc(Cl)c(F)c2)CC1. The Bertz CT molecular complexity index is 557. The highest BCUT2D eigenvalue weighted by Crippen LogP contribution is 2.17. The minimum Gasteiger partial charge on any atom is -0.384 e. The van der Waals surface area contributed by atoms with E-state index < -0.39 is 11.9 Å². The van der Waals surface area contributed by atoms with Gasteiger partial charge in [-0.2, -0.15) is 0 Å². The number of halogens is 2. The van der Waals surface area contributed by atoms with Crippen LogP contribution in [-0.2, 0) is 4.79 Å². The highest BCUT2D eigenvalue weighted by Gasteiger charge is 2.26. The summed E-state index contributed by atoms with van der Waals surface area (Å²) in [6.07, 6.45) is -1.04. The zero-order valence-electron chi connectivity index (χ0n) is 11.6. The molecule has 0 bridgehead atoms. The van der Waals surface area contributed by atoms with Gasteiger partial charge in [0, 0.05) is 31.7 Å². The van der Waals surface area contributed by atoms with Crippen molar-refractivity contribution in [2.45, 2.75) is 13.0 Å². The average molecular weight is 315 g/mol. The molecule has 5 nitrogen and oxygen atoms in total. The van der Waals surface area contributed by atoms with E-state index in [1.165, 1.54) is 24.0 Å². The normalized spacial score (nSPS) is 16.8. The second-order valence-electron chi connectivity index (χ2n) is 4.92. The van der Waals surface area contributed by atoms with Gasteiger partial charge in [0.25, 0.3) is 11.8 Å². The number of hydrogen-bond donors (Lipinski definition) is 1. The van der Waals surface area contributed by atoms with E-state index in [4.69, 9.17) is 11.6 Å². The van der Waals surface area contributed by atoms with Gasteiger partial charge in [-0.15, -0.1) is 0 Å². The summed E-state index contributed by atoms with van der Waals surface area (Å²) in [6, 6.07) is 3.93. The van der Waals surface area contributed by atoms with Crippen molar-refractivity contribution in [3.05, 3.63) is 34.6 Å². The molecule has 0 aromatic heterocycles. The lowest BCUT2D eigenvalue weighted by Crippen LogP contribution is -2.52. The second kappa shape index (κ2) is 6.41. The number of nitrogens with zero attached hydrogens (tertiary/aromatic N) is 2. The third kappa shape index (κ3) is 3.51. The lowest BCUT2D eigenvalue weighted by molar-refractivity contribution is -0.140. The van der Waals surface area contributed by atoms with Crippen LogP contribution in [0.1, 0.15) is 17.3 Å². The first kappa shape index (κ1) is 15.7. The van der Waals surface area contributed by atoms with E-state index in [0.29, 0.717) is 26.2 Å². The van der Waals surface area contributed by atoms with Gasteiger partial charge < -0.3 is 14.9 Å². The summed E-state index contributed by atoms with van der Waals surface area (Å²) in [7, 11) is 0. The predicted molar refractivity (Wildman–Crippen MR) is 75.6 cm³/mol. The van der Waals surface area contributed by atoms with E-state index in [9.17, 15) is 19.1 Å². The minimum absolute atomic E-state index is 0.0288. The Hall–Kier alpha value is -1.66. The number of amides is 2. The first-order valence-corrected chi connectivity index (χ1v) is 6.99. The molecular weight excluding hydrogens is 299 g/mol. The molecule has 1 saturated heterocycles. The molecule has 1 fully saturated rings. The Morgan fingerprint density at radius 1 is 1.24 bits per heavy atom. The molecule has 1 aliphatic heterocycles. The van der Waals surface area contributed by atoms with Crippen molar-refractivity contribution in [2.75, 3.05) is 26.2 Å². The van der Waals surface area contributed by atoms with Gasteiger partial charge in [0.15, 0.2) is 0 Å². The van der Waals surface area contributed by atoms with Crippen LogP contribution in [-0.4, -0.2) is 59.0 Å². The van der Waals surface area contributed by atoms with Gasteiger partial charge in [0.2, 0.25) is 0 Å². The van der Waals surface area contributed by atoms with Crippen LogP contribution in [0.3, 0.4) is 0 Å². The van der Waals surface area contributed by atoms with Crippen molar-refractivity contribution in [3.63, 3.8) is 0 Å². The zero-order chi connectivity index (χ0) is 15.6. The molecule has 2 amide bonds. The Morgan fingerprint density at radius 3 is 2.33 bits per heavy atom. The molecule has 1 aromatic carbocycles. The van der Waals surface area contributed by atoms with Gasteiger partial charge in [0.1, 0.15) is 11.9 Å². The van der Waals surface area contributed by atoms with Crippen LogP contribution in [0.5, 0.6) is 0 Å². The van der Waals surface area contributed by atoms with Crippen molar-refractivity contribution in [1.29, 1.82) is 0 Å². The first-order valence-electron chi connectivity index (χ1n) is 6.61. The minimum atomic E-state index is -1.04. The van der Waals surface area contributed by atoms with Crippen LogP contribution >= 0.6 is 11.6 Å². The van der Waals surface area contributed by atoms with Gasteiger partial charge in [-0.05, 0) is 25.1 Å². The van der Waals surface area contributed by atoms with Gasteiger partial charge in [-0.3, -0.25) is 9.59 Å². The molecule has 1 aliphatic rings. The largest absolute Gasteiger partial charge is 0.384 e. The van der Waals surface area contributed by atoms with Crippen LogP contribution in [0.4, 0.5) is 4.39 Å². The lowest BCUT2D eigenvalue weighted by Gasteiger charge is -2.35. The fourth-order valence-corrected chi connectivity index (χ4v) is 2.32. The summed E-state index contributed by atoms with van der Waals surface area (Å²) >= 11 is 5.59. The molecule has 21 heavy (non-hydrogen) atoms. The number of aliphatic hydroxyl groups is 1. The monoisotopic (exact) mass is 314 g/mol. The fraction of sp³-hybridized carbons (Fsp3) is 0.429. The fourth-order valence-electron chi connectivity index (χ4n) is 2.21. The quantitative estimate of drug-likeness (QED) is 0.890.